The topological polar surface area (TPSA) is 14.8 Å². The number of benzene rings is 9. The Morgan fingerprint density at radius 2 is 0.419 bits per heavy atom. The highest BCUT2D eigenvalue weighted by molar-refractivity contribution is 6.14. The van der Waals surface area contributed by atoms with Crippen molar-refractivity contribution in [2.24, 2.45) is 0 Å². The third-order valence-corrected chi connectivity index (χ3v) is 13.1. The molecule has 0 bridgehead atoms. The highest BCUT2D eigenvalue weighted by atomic mass is 15.0. The number of hydrogen-bond donors (Lipinski definition) is 0. The molecule has 0 aliphatic carbocycles. The average molecular weight is 796 g/mol. The van der Waals surface area contributed by atoms with E-state index in [0.717, 1.165) is 5.69 Å². The van der Waals surface area contributed by atoms with Gasteiger partial charge in [-0.3, -0.25) is 0 Å². The zero-order chi connectivity index (χ0) is 41.8. The van der Waals surface area contributed by atoms with E-state index in [4.69, 9.17) is 0 Å². The SMILES string of the molecule is Cc1ccc(-n2c3ccc(C)cc3c3cc(-c4ccc5c(c4)c4cc(-c6ccc7c(c6)c6cc(C)ccc6n7-c6ccc(C)cc6)ccc4n5-c4ccc(C)cc4)ccc32)cc1. The summed E-state index contributed by atoms with van der Waals surface area (Å²) in [5.41, 5.74) is 21.9. The lowest BCUT2D eigenvalue weighted by molar-refractivity contribution is 1.17. The van der Waals surface area contributed by atoms with Gasteiger partial charge in [0, 0.05) is 49.4 Å². The minimum atomic E-state index is 1.16. The van der Waals surface area contributed by atoms with Crippen LogP contribution in [0.15, 0.2) is 182 Å². The second-order valence-corrected chi connectivity index (χ2v) is 17.5. The Bertz CT molecular complexity index is 3530. The monoisotopic (exact) mass is 795 g/mol. The second-order valence-electron chi connectivity index (χ2n) is 17.5. The van der Waals surface area contributed by atoms with Crippen molar-refractivity contribution in [1.82, 2.24) is 13.7 Å². The fourth-order valence-corrected chi connectivity index (χ4v) is 9.93. The van der Waals surface area contributed by atoms with Crippen molar-refractivity contribution in [3.8, 4) is 39.3 Å². The first-order chi connectivity index (χ1) is 30.3. The summed E-state index contributed by atoms with van der Waals surface area (Å²) in [6.45, 7) is 10.8. The van der Waals surface area contributed by atoms with E-state index in [1.807, 2.05) is 0 Å². The molecule has 9 aromatic carbocycles. The van der Waals surface area contributed by atoms with Crippen LogP contribution in [-0.2, 0) is 0 Å². The van der Waals surface area contributed by atoms with E-state index in [2.05, 4.69) is 230 Å². The van der Waals surface area contributed by atoms with E-state index < -0.39 is 0 Å². The smallest absolute Gasteiger partial charge is 0.0541 e. The standard InChI is InChI=1S/C59H45N3/c1-36-6-18-45(19-7-36)60-54-24-12-39(4)30-48(54)50-32-41(14-26-56(50)60)43-16-28-58-52(34-43)53-35-44(17-29-59(53)62(58)47-22-10-38(3)11-23-47)42-15-27-57-51(33-42)49-31-40(5)13-25-55(49)61(57)46-20-8-37(2)9-21-46/h6-35H,1-5H3. The van der Waals surface area contributed by atoms with Crippen LogP contribution >= 0.6 is 0 Å². The Balaban J connectivity index is 1.05. The molecule has 12 aromatic rings. The fraction of sp³-hybridized carbons (Fsp3) is 0.0847. The fourth-order valence-electron chi connectivity index (χ4n) is 9.93. The first-order valence-corrected chi connectivity index (χ1v) is 21.7. The molecule has 0 N–H and O–H groups in total. The maximum atomic E-state index is 2.43. The van der Waals surface area contributed by atoms with E-state index in [1.165, 1.54) is 127 Å². The summed E-state index contributed by atoms with van der Waals surface area (Å²) in [7, 11) is 0. The minimum absolute atomic E-state index is 1.16. The highest BCUT2D eigenvalue weighted by Gasteiger charge is 2.19. The lowest BCUT2D eigenvalue weighted by atomic mass is 9.98. The van der Waals surface area contributed by atoms with E-state index in [1.54, 1.807) is 0 Å². The van der Waals surface area contributed by atoms with Crippen LogP contribution in [0, 0.1) is 34.6 Å². The zero-order valence-corrected chi connectivity index (χ0v) is 35.7. The largest absolute Gasteiger partial charge is 0.309 e. The molecule has 0 radical (unpaired) electrons. The number of fused-ring (bicyclic) bond motifs is 9. The van der Waals surface area contributed by atoms with Crippen molar-refractivity contribution in [1.29, 1.82) is 0 Å². The molecule has 0 spiro atoms. The number of hydrogen-bond acceptors (Lipinski definition) is 0. The first kappa shape index (κ1) is 36.2. The van der Waals surface area contributed by atoms with Crippen LogP contribution in [0.25, 0.3) is 105 Å². The van der Waals surface area contributed by atoms with Crippen molar-refractivity contribution in [3.63, 3.8) is 0 Å². The van der Waals surface area contributed by atoms with Crippen LogP contribution in [-0.4, -0.2) is 13.7 Å². The molecule has 0 aliphatic heterocycles. The molecule has 3 nitrogen and oxygen atoms in total. The van der Waals surface area contributed by atoms with E-state index in [9.17, 15) is 0 Å². The molecule has 0 saturated carbocycles. The Kier molecular flexibility index (Phi) is 8.01. The Morgan fingerprint density at radius 3 is 0.677 bits per heavy atom. The summed E-state index contributed by atoms with van der Waals surface area (Å²) < 4.78 is 7.25. The Morgan fingerprint density at radius 1 is 0.210 bits per heavy atom. The van der Waals surface area contributed by atoms with Gasteiger partial charge < -0.3 is 13.7 Å². The van der Waals surface area contributed by atoms with Gasteiger partial charge in [0.05, 0.1) is 33.1 Å². The molecule has 0 unspecified atom stereocenters. The summed E-state index contributed by atoms with van der Waals surface area (Å²) in [6.07, 6.45) is 0. The zero-order valence-electron chi connectivity index (χ0n) is 35.7. The maximum absolute atomic E-state index is 2.43. The van der Waals surface area contributed by atoms with Gasteiger partial charge in [0.2, 0.25) is 0 Å². The molecule has 0 fully saturated rings. The average Bonchev–Trinajstić information content (AvgIpc) is 3.91. The van der Waals surface area contributed by atoms with Gasteiger partial charge in [0.25, 0.3) is 0 Å². The molecule has 296 valence electrons. The Hall–Kier alpha value is -7.62. The van der Waals surface area contributed by atoms with Gasteiger partial charge in [-0.25, -0.2) is 0 Å². The van der Waals surface area contributed by atoms with E-state index in [0.29, 0.717) is 0 Å². The molecular weight excluding hydrogens is 751 g/mol. The predicted molar refractivity (Wildman–Crippen MR) is 264 cm³/mol. The molecule has 3 heteroatoms. The third-order valence-electron chi connectivity index (χ3n) is 13.1. The van der Waals surface area contributed by atoms with Gasteiger partial charge in [0.1, 0.15) is 0 Å². The summed E-state index contributed by atoms with van der Waals surface area (Å²) in [4.78, 5) is 0. The summed E-state index contributed by atoms with van der Waals surface area (Å²) >= 11 is 0. The van der Waals surface area contributed by atoms with Gasteiger partial charge in [-0.1, -0.05) is 101 Å². The molecular formula is C59H45N3. The molecule has 3 aromatic heterocycles. The molecule has 0 amide bonds. The Labute approximate surface area is 361 Å². The van der Waals surface area contributed by atoms with Crippen LogP contribution < -0.4 is 0 Å². The quantitative estimate of drug-likeness (QED) is 0.165. The summed E-state index contributed by atoms with van der Waals surface area (Å²) in [5, 5.41) is 7.56. The van der Waals surface area contributed by atoms with Gasteiger partial charge in [0.15, 0.2) is 0 Å². The normalized spacial score (nSPS) is 12.0. The van der Waals surface area contributed by atoms with Crippen LogP contribution in [0.3, 0.4) is 0 Å². The number of rotatable bonds is 5. The molecule has 12 rings (SSSR count). The van der Waals surface area contributed by atoms with Crippen molar-refractivity contribution >= 4 is 65.4 Å². The molecule has 3 heterocycles. The van der Waals surface area contributed by atoms with Crippen molar-refractivity contribution in [2.45, 2.75) is 34.6 Å². The number of aromatic nitrogens is 3. The molecule has 0 saturated heterocycles. The molecule has 62 heavy (non-hydrogen) atoms. The lowest BCUT2D eigenvalue weighted by Gasteiger charge is -2.10. The van der Waals surface area contributed by atoms with Crippen LogP contribution in [0.2, 0.25) is 0 Å². The third kappa shape index (κ3) is 5.65. The number of aryl methyl sites for hydroxylation is 5. The van der Waals surface area contributed by atoms with Crippen molar-refractivity contribution in [2.75, 3.05) is 0 Å². The van der Waals surface area contributed by atoms with Crippen molar-refractivity contribution in [3.05, 3.63) is 210 Å². The van der Waals surface area contributed by atoms with E-state index in [-0.39, 0.29) is 0 Å². The first-order valence-electron chi connectivity index (χ1n) is 21.7. The van der Waals surface area contributed by atoms with Crippen LogP contribution in [0.1, 0.15) is 27.8 Å². The highest BCUT2D eigenvalue weighted by Crippen LogP contribution is 2.41. The van der Waals surface area contributed by atoms with Gasteiger partial charge in [-0.05, 0) is 166 Å². The summed E-state index contributed by atoms with van der Waals surface area (Å²) in [6, 6.07) is 68.4. The number of nitrogens with zero attached hydrogens (tertiary/aromatic N) is 3. The second kappa shape index (κ2) is 13.7. The van der Waals surface area contributed by atoms with Crippen LogP contribution in [0.5, 0.6) is 0 Å². The minimum Gasteiger partial charge on any atom is -0.309 e. The van der Waals surface area contributed by atoms with Gasteiger partial charge in [-0.15, -0.1) is 0 Å². The maximum Gasteiger partial charge on any atom is 0.0541 e. The van der Waals surface area contributed by atoms with E-state index >= 15 is 0 Å². The molecule has 0 aliphatic rings. The van der Waals surface area contributed by atoms with Crippen LogP contribution in [0.4, 0.5) is 0 Å². The van der Waals surface area contributed by atoms with Crippen molar-refractivity contribution < 1.29 is 0 Å². The van der Waals surface area contributed by atoms with Gasteiger partial charge >= 0.3 is 0 Å². The predicted octanol–water partition coefficient (Wildman–Crippen LogP) is 15.9. The van der Waals surface area contributed by atoms with Gasteiger partial charge in [-0.2, -0.15) is 0 Å². The molecule has 0 atom stereocenters. The summed E-state index contributed by atoms with van der Waals surface area (Å²) in [5.74, 6) is 0. The lowest BCUT2D eigenvalue weighted by Crippen LogP contribution is -1.94.